The van der Waals surface area contributed by atoms with Gasteiger partial charge in [0, 0.05) is 24.8 Å². The molecule has 0 radical (unpaired) electrons. The van der Waals surface area contributed by atoms with E-state index in [1.54, 1.807) is 32.0 Å². The monoisotopic (exact) mass is 378 g/mol. The number of hydrazone groups is 1. The van der Waals surface area contributed by atoms with E-state index in [-0.39, 0.29) is 10.6 Å². The van der Waals surface area contributed by atoms with Crippen LogP contribution in [0, 0.1) is 0 Å². The largest absolute Gasteiger partial charge is 0.504 e. The van der Waals surface area contributed by atoms with Crippen molar-refractivity contribution in [3.63, 3.8) is 0 Å². The summed E-state index contributed by atoms with van der Waals surface area (Å²) in [6, 6.07) is 8.04. The molecule has 1 aromatic heterocycles. The number of anilines is 1. The second-order valence-corrected chi connectivity index (χ2v) is 7.17. The number of benzene rings is 1. The predicted molar refractivity (Wildman–Crippen MR) is 100 cm³/mol. The number of aromatic hydroxyl groups is 1. The fraction of sp³-hybridized carbons (Fsp3) is 0.294. The van der Waals surface area contributed by atoms with E-state index in [2.05, 4.69) is 15.5 Å². The summed E-state index contributed by atoms with van der Waals surface area (Å²) < 4.78 is 31.2. The molecule has 26 heavy (non-hydrogen) atoms. The molecule has 0 saturated carbocycles. The standard InChI is InChI=1S/C17H22N4O4S/c1-4-21(5-2)26(23,24)14-9-10-16(18-12-14)20-19-11-13-7-6-8-15(25-3)17(13)22/h6-12,22H,4-5H2,1-3H3,(H,18,20)/b19-11+. The summed E-state index contributed by atoms with van der Waals surface area (Å²) >= 11 is 0. The number of sulfonamides is 1. The smallest absolute Gasteiger partial charge is 0.244 e. The van der Waals surface area contributed by atoms with Crippen molar-refractivity contribution in [3.05, 3.63) is 42.1 Å². The Balaban J connectivity index is 2.11. The van der Waals surface area contributed by atoms with Gasteiger partial charge in [-0.3, -0.25) is 5.43 Å². The number of methoxy groups -OCH3 is 1. The molecule has 2 rings (SSSR count). The number of ether oxygens (including phenoxy) is 1. The number of aromatic nitrogens is 1. The third-order valence-corrected chi connectivity index (χ3v) is 5.75. The minimum atomic E-state index is -3.54. The van der Waals surface area contributed by atoms with Gasteiger partial charge in [0.2, 0.25) is 10.0 Å². The number of hydrogen-bond donors (Lipinski definition) is 2. The zero-order valence-corrected chi connectivity index (χ0v) is 15.7. The maximum Gasteiger partial charge on any atom is 0.244 e. The maximum atomic E-state index is 12.4. The van der Waals surface area contributed by atoms with E-state index in [9.17, 15) is 13.5 Å². The van der Waals surface area contributed by atoms with Gasteiger partial charge >= 0.3 is 0 Å². The summed E-state index contributed by atoms with van der Waals surface area (Å²) in [5, 5.41) is 14.0. The third kappa shape index (κ3) is 4.30. The quantitative estimate of drug-likeness (QED) is 0.539. The lowest BCUT2D eigenvalue weighted by molar-refractivity contribution is 0.373. The van der Waals surface area contributed by atoms with Crippen LogP contribution in [0.1, 0.15) is 19.4 Å². The van der Waals surface area contributed by atoms with Gasteiger partial charge in [-0.05, 0) is 24.3 Å². The summed E-state index contributed by atoms with van der Waals surface area (Å²) in [5.41, 5.74) is 3.16. The molecular formula is C17H22N4O4S. The molecule has 9 heteroatoms. The van der Waals surface area contributed by atoms with Crippen molar-refractivity contribution in [2.24, 2.45) is 5.10 Å². The average molecular weight is 378 g/mol. The SMILES string of the molecule is CCN(CC)S(=O)(=O)c1ccc(N/N=C/c2cccc(OC)c2O)nc1. The number of rotatable bonds is 8. The van der Waals surface area contributed by atoms with E-state index in [4.69, 9.17) is 4.74 Å². The van der Waals surface area contributed by atoms with Crippen LogP contribution in [-0.4, -0.2) is 49.2 Å². The summed E-state index contributed by atoms with van der Waals surface area (Å²) in [6.45, 7) is 4.36. The average Bonchev–Trinajstić information content (AvgIpc) is 2.64. The molecule has 0 bridgehead atoms. The Kier molecular flexibility index (Phi) is 6.53. The van der Waals surface area contributed by atoms with Crippen molar-refractivity contribution in [1.82, 2.24) is 9.29 Å². The molecule has 0 aliphatic rings. The Bertz CT molecular complexity index is 863. The molecule has 1 aromatic carbocycles. The summed E-state index contributed by atoms with van der Waals surface area (Å²) in [5.74, 6) is 0.703. The maximum absolute atomic E-state index is 12.4. The minimum absolute atomic E-state index is 0.0193. The summed E-state index contributed by atoms with van der Waals surface area (Å²) in [7, 11) is -2.07. The highest BCUT2D eigenvalue weighted by molar-refractivity contribution is 7.89. The fourth-order valence-electron chi connectivity index (χ4n) is 2.29. The van der Waals surface area contributed by atoms with Crippen LogP contribution in [0.25, 0.3) is 0 Å². The summed E-state index contributed by atoms with van der Waals surface area (Å²) in [6.07, 6.45) is 2.70. The van der Waals surface area contributed by atoms with E-state index >= 15 is 0 Å². The number of para-hydroxylation sites is 1. The number of pyridine rings is 1. The van der Waals surface area contributed by atoms with Gasteiger partial charge in [-0.25, -0.2) is 13.4 Å². The highest BCUT2D eigenvalue weighted by atomic mass is 32.2. The van der Waals surface area contributed by atoms with Crippen LogP contribution < -0.4 is 10.2 Å². The molecule has 2 N–H and O–H groups in total. The zero-order valence-electron chi connectivity index (χ0n) is 14.9. The molecule has 0 unspecified atom stereocenters. The topological polar surface area (TPSA) is 104 Å². The lowest BCUT2D eigenvalue weighted by Gasteiger charge is -2.18. The van der Waals surface area contributed by atoms with Crippen molar-refractivity contribution < 1.29 is 18.3 Å². The van der Waals surface area contributed by atoms with Crippen LogP contribution in [0.3, 0.4) is 0 Å². The first-order chi connectivity index (χ1) is 12.4. The molecule has 0 amide bonds. The Morgan fingerprint density at radius 2 is 2.00 bits per heavy atom. The Labute approximate surface area is 153 Å². The van der Waals surface area contributed by atoms with Gasteiger partial charge in [0.05, 0.1) is 13.3 Å². The molecule has 1 heterocycles. The highest BCUT2D eigenvalue weighted by Crippen LogP contribution is 2.28. The Morgan fingerprint density at radius 1 is 1.27 bits per heavy atom. The van der Waals surface area contributed by atoms with Gasteiger partial charge in [-0.15, -0.1) is 0 Å². The van der Waals surface area contributed by atoms with Crippen molar-refractivity contribution >= 4 is 22.1 Å². The van der Waals surface area contributed by atoms with Crippen molar-refractivity contribution in [3.8, 4) is 11.5 Å². The van der Waals surface area contributed by atoms with E-state index in [0.29, 0.717) is 30.2 Å². The van der Waals surface area contributed by atoms with Crippen LogP contribution in [0.2, 0.25) is 0 Å². The van der Waals surface area contributed by atoms with Gasteiger partial charge in [-0.2, -0.15) is 9.41 Å². The first-order valence-electron chi connectivity index (χ1n) is 8.05. The Morgan fingerprint density at radius 3 is 2.58 bits per heavy atom. The number of nitrogens with one attached hydrogen (secondary N) is 1. The van der Waals surface area contributed by atoms with Crippen LogP contribution in [-0.2, 0) is 10.0 Å². The van der Waals surface area contributed by atoms with Crippen LogP contribution in [0.5, 0.6) is 11.5 Å². The van der Waals surface area contributed by atoms with Crippen LogP contribution in [0.4, 0.5) is 5.82 Å². The van der Waals surface area contributed by atoms with Crippen LogP contribution in [0.15, 0.2) is 46.5 Å². The number of phenolic OH excluding ortho intramolecular Hbond substituents is 1. The lowest BCUT2D eigenvalue weighted by Crippen LogP contribution is -2.30. The zero-order chi connectivity index (χ0) is 19.2. The molecule has 140 valence electrons. The second kappa shape index (κ2) is 8.63. The number of phenols is 1. The van der Waals surface area contributed by atoms with E-state index < -0.39 is 10.0 Å². The van der Waals surface area contributed by atoms with Crippen molar-refractivity contribution in [1.29, 1.82) is 0 Å². The summed E-state index contributed by atoms with van der Waals surface area (Å²) in [4.78, 5) is 4.19. The van der Waals surface area contributed by atoms with E-state index in [1.165, 1.54) is 36.0 Å². The molecular weight excluding hydrogens is 356 g/mol. The molecule has 0 spiro atoms. The second-order valence-electron chi connectivity index (χ2n) is 5.24. The fourth-order valence-corrected chi connectivity index (χ4v) is 3.69. The predicted octanol–water partition coefficient (Wildman–Crippen LogP) is 2.27. The molecule has 2 aromatic rings. The van der Waals surface area contributed by atoms with E-state index in [0.717, 1.165) is 0 Å². The van der Waals surface area contributed by atoms with Crippen LogP contribution >= 0.6 is 0 Å². The highest BCUT2D eigenvalue weighted by Gasteiger charge is 2.21. The molecule has 0 saturated heterocycles. The van der Waals surface area contributed by atoms with Crippen molar-refractivity contribution in [2.45, 2.75) is 18.7 Å². The van der Waals surface area contributed by atoms with E-state index in [1.807, 2.05) is 0 Å². The molecule has 0 aliphatic heterocycles. The van der Waals surface area contributed by atoms with Crippen molar-refractivity contribution in [2.75, 3.05) is 25.6 Å². The van der Waals surface area contributed by atoms with Gasteiger partial charge in [0.1, 0.15) is 10.7 Å². The first kappa shape index (κ1) is 19.7. The first-order valence-corrected chi connectivity index (χ1v) is 9.49. The molecule has 8 nitrogen and oxygen atoms in total. The van der Waals surface area contributed by atoms with Gasteiger partial charge < -0.3 is 9.84 Å². The molecule has 0 fully saturated rings. The molecule has 0 atom stereocenters. The number of hydrogen-bond acceptors (Lipinski definition) is 7. The Hall–Kier alpha value is -2.65. The minimum Gasteiger partial charge on any atom is -0.504 e. The van der Waals surface area contributed by atoms with Gasteiger partial charge in [-0.1, -0.05) is 19.9 Å². The lowest BCUT2D eigenvalue weighted by atomic mass is 10.2. The normalized spacial score (nSPS) is 11.8. The van der Waals surface area contributed by atoms with Gasteiger partial charge in [0.15, 0.2) is 11.5 Å². The third-order valence-electron chi connectivity index (χ3n) is 3.71. The van der Waals surface area contributed by atoms with Gasteiger partial charge in [0.25, 0.3) is 0 Å². The number of nitrogens with zero attached hydrogens (tertiary/aromatic N) is 3. The molecule has 0 aliphatic carbocycles.